The molecule has 0 aliphatic carbocycles. The molecule has 1 N–H and O–H groups in total. The second-order valence-corrected chi connectivity index (χ2v) is 9.48. The van der Waals surface area contributed by atoms with Gasteiger partial charge in [0.05, 0.1) is 45.8 Å². The zero-order chi connectivity index (χ0) is 27.5. The maximum Gasteiger partial charge on any atom is 0.411 e. The van der Waals surface area contributed by atoms with E-state index in [1.54, 1.807) is 19.2 Å². The van der Waals surface area contributed by atoms with Crippen LogP contribution in [0.5, 0.6) is 11.5 Å². The molecule has 2 amide bonds. The molecule has 0 unspecified atom stereocenters. The second kappa shape index (κ2) is 14.5. The molecule has 2 aromatic carbocycles. The minimum atomic E-state index is -0.480. The van der Waals surface area contributed by atoms with Crippen LogP contribution >= 0.6 is 0 Å². The van der Waals surface area contributed by atoms with Crippen LogP contribution in [0.3, 0.4) is 0 Å². The monoisotopic (exact) mass is 538 g/mol. The van der Waals surface area contributed by atoms with Gasteiger partial charge in [0.2, 0.25) is 5.91 Å². The number of amides is 2. The highest BCUT2D eigenvalue weighted by atomic mass is 16.5. The number of methoxy groups -OCH3 is 1. The predicted octanol–water partition coefficient (Wildman–Crippen LogP) is 4.28. The number of hydrogen-bond acceptors (Lipinski definition) is 8. The molecule has 1 saturated heterocycles. The first kappa shape index (κ1) is 28.4. The summed E-state index contributed by atoms with van der Waals surface area (Å²) in [5.74, 6) is 1.31. The Morgan fingerprint density at radius 3 is 2.59 bits per heavy atom. The van der Waals surface area contributed by atoms with Gasteiger partial charge in [-0.05, 0) is 48.7 Å². The Morgan fingerprint density at radius 1 is 1.05 bits per heavy atom. The van der Waals surface area contributed by atoms with E-state index >= 15 is 0 Å². The van der Waals surface area contributed by atoms with Gasteiger partial charge < -0.3 is 18.9 Å². The first-order valence-electron chi connectivity index (χ1n) is 13.6. The number of hydrogen-bond donors (Lipinski definition) is 1. The third-order valence-electron chi connectivity index (χ3n) is 6.55. The Labute approximate surface area is 229 Å². The number of rotatable bonds is 12. The van der Waals surface area contributed by atoms with E-state index < -0.39 is 6.09 Å². The van der Waals surface area contributed by atoms with Gasteiger partial charge in [-0.25, -0.2) is 9.80 Å². The van der Waals surface area contributed by atoms with Crippen molar-refractivity contribution in [3.63, 3.8) is 0 Å². The standard InChI is InChI=1S/C29H38N4O6/c1-3-16-38-27-20-23(7-11-26(27)36-2)25-10-12-28(34)33(31-25)21-22-5-8-24(9-6-22)30-29(35)39-17-4-13-32-14-18-37-19-15-32/h5-9,11,20H,3-4,10,12-19,21H2,1-2H3,(H,30,35). The highest BCUT2D eigenvalue weighted by Gasteiger charge is 2.22. The van der Waals surface area contributed by atoms with Crippen LogP contribution < -0.4 is 14.8 Å². The van der Waals surface area contributed by atoms with E-state index in [-0.39, 0.29) is 5.91 Å². The first-order chi connectivity index (χ1) is 19.1. The van der Waals surface area contributed by atoms with E-state index in [0.717, 1.165) is 62.5 Å². The van der Waals surface area contributed by atoms with Crippen molar-refractivity contribution in [1.29, 1.82) is 0 Å². The molecule has 2 aliphatic rings. The van der Waals surface area contributed by atoms with Crippen molar-refractivity contribution in [3.8, 4) is 11.5 Å². The molecule has 1 fully saturated rings. The number of ether oxygens (including phenoxy) is 4. The van der Waals surface area contributed by atoms with Gasteiger partial charge in [0.25, 0.3) is 0 Å². The van der Waals surface area contributed by atoms with Crippen LogP contribution in [-0.4, -0.2) is 80.8 Å². The van der Waals surface area contributed by atoms with Gasteiger partial charge in [0.15, 0.2) is 11.5 Å². The fourth-order valence-corrected chi connectivity index (χ4v) is 4.41. The third-order valence-corrected chi connectivity index (χ3v) is 6.55. The summed E-state index contributed by atoms with van der Waals surface area (Å²) in [6, 6.07) is 13.1. The zero-order valence-corrected chi connectivity index (χ0v) is 22.8. The van der Waals surface area contributed by atoms with Gasteiger partial charge in [-0.2, -0.15) is 5.10 Å². The molecule has 210 valence electrons. The van der Waals surface area contributed by atoms with Crippen LogP contribution in [0.15, 0.2) is 47.6 Å². The topological polar surface area (TPSA) is 102 Å². The molecule has 0 spiro atoms. The Hall–Kier alpha value is -3.63. The predicted molar refractivity (Wildman–Crippen MR) is 148 cm³/mol. The Morgan fingerprint density at radius 2 is 1.85 bits per heavy atom. The lowest BCUT2D eigenvalue weighted by molar-refractivity contribution is -0.132. The molecular formula is C29H38N4O6. The van der Waals surface area contributed by atoms with Crippen molar-refractivity contribution in [2.75, 3.05) is 58.5 Å². The van der Waals surface area contributed by atoms with Gasteiger partial charge >= 0.3 is 6.09 Å². The Kier molecular flexibility index (Phi) is 10.6. The van der Waals surface area contributed by atoms with Gasteiger partial charge in [0.1, 0.15) is 0 Å². The van der Waals surface area contributed by atoms with Crippen LogP contribution in [0.25, 0.3) is 0 Å². The minimum Gasteiger partial charge on any atom is -0.493 e. The van der Waals surface area contributed by atoms with Crippen LogP contribution in [0.1, 0.15) is 43.7 Å². The Balaban J connectivity index is 1.29. The maximum absolute atomic E-state index is 12.6. The minimum absolute atomic E-state index is 0.0300. The van der Waals surface area contributed by atoms with Crippen LogP contribution in [-0.2, 0) is 20.8 Å². The lowest BCUT2D eigenvalue weighted by Gasteiger charge is -2.26. The number of carbonyl (C=O) groups excluding carboxylic acids is 2. The SMILES string of the molecule is CCCOc1cc(C2=NN(Cc3ccc(NC(=O)OCCCN4CCOCC4)cc3)C(=O)CC2)ccc1OC. The fourth-order valence-electron chi connectivity index (χ4n) is 4.41. The molecule has 0 radical (unpaired) electrons. The number of benzene rings is 2. The summed E-state index contributed by atoms with van der Waals surface area (Å²) in [7, 11) is 1.61. The Bertz CT molecular complexity index is 1130. The normalized spacial score (nSPS) is 16.0. The number of carbonyl (C=O) groups is 2. The largest absolute Gasteiger partial charge is 0.493 e. The van der Waals surface area contributed by atoms with E-state index in [9.17, 15) is 9.59 Å². The van der Waals surface area contributed by atoms with Gasteiger partial charge in [-0.3, -0.25) is 15.0 Å². The van der Waals surface area contributed by atoms with Crippen molar-refractivity contribution in [2.24, 2.45) is 5.10 Å². The van der Waals surface area contributed by atoms with E-state index in [4.69, 9.17) is 18.9 Å². The van der Waals surface area contributed by atoms with Gasteiger partial charge in [0, 0.05) is 43.7 Å². The van der Waals surface area contributed by atoms with Crippen molar-refractivity contribution < 1.29 is 28.5 Å². The summed E-state index contributed by atoms with van der Waals surface area (Å²) < 4.78 is 21.9. The summed E-state index contributed by atoms with van der Waals surface area (Å²) in [6.45, 7) is 7.58. The van der Waals surface area contributed by atoms with Crippen molar-refractivity contribution in [2.45, 2.75) is 39.2 Å². The zero-order valence-electron chi connectivity index (χ0n) is 22.8. The fraction of sp³-hybridized carbons (Fsp3) is 0.483. The number of morpholine rings is 1. The lowest BCUT2D eigenvalue weighted by atomic mass is 10.0. The number of anilines is 1. The molecule has 0 saturated carbocycles. The van der Waals surface area contributed by atoms with E-state index in [1.165, 1.54) is 5.01 Å². The van der Waals surface area contributed by atoms with Crippen LogP contribution in [0.4, 0.5) is 10.5 Å². The summed E-state index contributed by atoms with van der Waals surface area (Å²) in [4.78, 5) is 27.1. The average molecular weight is 539 g/mol. The van der Waals surface area contributed by atoms with Crippen molar-refractivity contribution in [3.05, 3.63) is 53.6 Å². The summed E-state index contributed by atoms with van der Waals surface area (Å²) in [5, 5.41) is 8.91. The molecule has 10 heteroatoms. The number of hydrazone groups is 1. The van der Waals surface area contributed by atoms with E-state index in [0.29, 0.717) is 49.8 Å². The lowest BCUT2D eigenvalue weighted by Crippen LogP contribution is -2.37. The van der Waals surface area contributed by atoms with E-state index in [1.807, 2.05) is 37.3 Å². The molecule has 0 aromatic heterocycles. The van der Waals surface area contributed by atoms with Crippen molar-refractivity contribution >= 4 is 23.4 Å². The molecule has 2 aromatic rings. The molecule has 4 rings (SSSR count). The molecule has 2 aliphatic heterocycles. The molecule has 0 atom stereocenters. The smallest absolute Gasteiger partial charge is 0.411 e. The average Bonchev–Trinajstić information content (AvgIpc) is 2.97. The number of nitrogens with zero attached hydrogens (tertiary/aromatic N) is 3. The molecule has 0 bridgehead atoms. The van der Waals surface area contributed by atoms with Crippen LogP contribution in [0, 0.1) is 0 Å². The summed E-state index contributed by atoms with van der Waals surface area (Å²) >= 11 is 0. The van der Waals surface area contributed by atoms with E-state index in [2.05, 4.69) is 15.3 Å². The highest BCUT2D eigenvalue weighted by Crippen LogP contribution is 2.30. The maximum atomic E-state index is 12.6. The second-order valence-electron chi connectivity index (χ2n) is 9.48. The molecule has 10 nitrogen and oxygen atoms in total. The summed E-state index contributed by atoms with van der Waals surface area (Å²) in [6.07, 6.45) is 2.13. The summed E-state index contributed by atoms with van der Waals surface area (Å²) in [5.41, 5.74) is 3.26. The molecule has 2 heterocycles. The number of nitrogens with one attached hydrogen (secondary N) is 1. The van der Waals surface area contributed by atoms with Gasteiger partial charge in [-0.1, -0.05) is 19.1 Å². The first-order valence-corrected chi connectivity index (χ1v) is 13.6. The quantitative estimate of drug-likeness (QED) is 0.403. The van der Waals surface area contributed by atoms with Gasteiger partial charge in [-0.15, -0.1) is 0 Å². The van der Waals surface area contributed by atoms with Crippen LogP contribution in [0.2, 0.25) is 0 Å². The third kappa shape index (κ3) is 8.43. The molecular weight excluding hydrogens is 500 g/mol. The highest BCUT2D eigenvalue weighted by molar-refractivity contribution is 6.04. The molecule has 39 heavy (non-hydrogen) atoms. The van der Waals surface area contributed by atoms with Crippen molar-refractivity contribution in [1.82, 2.24) is 9.91 Å².